The molecule has 1 saturated heterocycles. The van der Waals surface area contributed by atoms with Crippen LogP contribution in [0.25, 0.3) is 0 Å². The van der Waals surface area contributed by atoms with Crippen molar-refractivity contribution in [2.75, 3.05) is 13.2 Å². The smallest absolute Gasteiger partial charge is 0.338 e. The summed E-state index contributed by atoms with van der Waals surface area (Å²) in [4.78, 5) is 12.6. The molecule has 4 nitrogen and oxygen atoms in total. The maximum absolute atomic E-state index is 12.6. The second-order valence-corrected chi connectivity index (χ2v) is 9.28. The van der Waals surface area contributed by atoms with Crippen LogP contribution in [0.2, 0.25) is 0 Å². The van der Waals surface area contributed by atoms with Gasteiger partial charge in [-0.05, 0) is 43.4 Å². The highest BCUT2D eigenvalue weighted by atomic mass is 16.5. The van der Waals surface area contributed by atoms with Crippen molar-refractivity contribution >= 4 is 5.97 Å². The number of hydrogen-bond acceptors (Lipinski definition) is 4. The number of benzene rings is 2. The molecular weight excluding hydrogens is 364 g/mol. The zero-order valence-corrected chi connectivity index (χ0v) is 17.3. The summed E-state index contributed by atoms with van der Waals surface area (Å²) in [7, 11) is 0. The molecular formula is C25H28O4. The Kier molecular flexibility index (Phi) is 4.25. The van der Waals surface area contributed by atoms with Gasteiger partial charge in [0.2, 0.25) is 0 Å². The van der Waals surface area contributed by atoms with Crippen LogP contribution in [0.1, 0.15) is 49.2 Å². The number of hydrogen-bond donors (Lipinski definition) is 0. The van der Waals surface area contributed by atoms with Crippen LogP contribution in [0.3, 0.4) is 0 Å². The molecule has 0 aromatic heterocycles. The molecule has 0 radical (unpaired) electrons. The predicted octanol–water partition coefficient (Wildman–Crippen LogP) is 5.04. The van der Waals surface area contributed by atoms with Crippen molar-refractivity contribution in [3.8, 4) is 5.75 Å². The van der Waals surface area contributed by atoms with Crippen molar-refractivity contribution in [2.45, 2.75) is 38.9 Å². The number of carbonyl (C=O) groups is 1. The molecule has 1 saturated carbocycles. The molecule has 2 heterocycles. The van der Waals surface area contributed by atoms with Crippen LogP contribution in [0.5, 0.6) is 5.75 Å². The summed E-state index contributed by atoms with van der Waals surface area (Å²) in [5.74, 6) is 1.54. The molecule has 1 aliphatic carbocycles. The first-order valence-corrected chi connectivity index (χ1v) is 10.6. The second-order valence-electron chi connectivity index (χ2n) is 9.28. The minimum absolute atomic E-state index is 0.0328. The van der Waals surface area contributed by atoms with E-state index >= 15 is 0 Å². The number of fused-ring (bicyclic) bond motifs is 3. The Labute approximate surface area is 172 Å². The summed E-state index contributed by atoms with van der Waals surface area (Å²) in [6.07, 6.45) is 0.962. The van der Waals surface area contributed by atoms with Gasteiger partial charge in [0.1, 0.15) is 11.4 Å². The van der Waals surface area contributed by atoms with Crippen molar-refractivity contribution in [1.29, 1.82) is 0 Å². The SMILES string of the molecule is C[C@@H]1C[C@]2(C)Oc3ccccc3[C@H]3OC[C@]1(COC(=O)c1ccccc1)[C@@H](C)[C@@H]32. The lowest BCUT2D eigenvalue weighted by molar-refractivity contribution is -0.259. The minimum atomic E-state index is -0.273. The number of rotatable bonds is 3. The maximum atomic E-state index is 12.6. The van der Waals surface area contributed by atoms with E-state index in [9.17, 15) is 4.79 Å². The Bertz CT molecular complexity index is 925. The molecule has 3 aliphatic rings. The summed E-state index contributed by atoms with van der Waals surface area (Å²) < 4.78 is 18.9. The Morgan fingerprint density at radius 3 is 2.62 bits per heavy atom. The topological polar surface area (TPSA) is 44.8 Å². The highest BCUT2D eigenvalue weighted by Crippen LogP contribution is 2.63. The summed E-state index contributed by atoms with van der Waals surface area (Å²) in [5, 5.41) is 0. The average molecular weight is 392 g/mol. The third-order valence-electron chi connectivity index (χ3n) is 7.75. The fraction of sp³-hybridized carbons (Fsp3) is 0.480. The van der Waals surface area contributed by atoms with Crippen LogP contribution in [-0.2, 0) is 9.47 Å². The van der Waals surface area contributed by atoms with Gasteiger partial charge in [-0.3, -0.25) is 0 Å². The van der Waals surface area contributed by atoms with Crippen molar-refractivity contribution in [1.82, 2.24) is 0 Å². The van der Waals surface area contributed by atoms with Crippen LogP contribution in [0, 0.1) is 23.2 Å². The Morgan fingerprint density at radius 2 is 1.83 bits per heavy atom. The molecule has 2 bridgehead atoms. The number of para-hydroxylation sites is 1. The molecule has 6 atom stereocenters. The molecule has 152 valence electrons. The molecule has 0 N–H and O–H groups in total. The lowest BCUT2D eigenvalue weighted by Crippen LogP contribution is -2.66. The van der Waals surface area contributed by atoms with Crippen molar-refractivity contribution < 1.29 is 19.0 Å². The molecule has 0 spiro atoms. The van der Waals surface area contributed by atoms with Gasteiger partial charge in [-0.2, -0.15) is 0 Å². The van der Waals surface area contributed by atoms with Crippen LogP contribution >= 0.6 is 0 Å². The van der Waals surface area contributed by atoms with Crippen molar-refractivity contribution in [3.63, 3.8) is 0 Å². The lowest BCUT2D eigenvalue weighted by Gasteiger charge is -2.63. The number of esters is 1. The molecule has 2 fully saturated rings. The predicted molar refractivity (Wildman–Crippen MR) is 110 cm³/mol. The molecule has 0 amide bonds. The summed E-state index contributed by atoms with van der Waals surface area (Å²) in [5.41, 5.74) is 1.27. The molecule has 2 aliphatic heterocycles. The molecule has 5 rings (SSSR count). The van der Waals surface area contributed by atoms with Crippen LogP contribution < -0.4 is 4.74 Å². The third kappa shape index (κ3) is 2.72. The molecule has 2 aromatic carbocycles. The molecule has 0 unspecified atom stereocenters. The van der Waals surface area contributed by atoms with Gasteiger partial charge < -0.3 is 14.2 Å². The molecule has 2 aromatic rings. The van der Waals surface area contributed by atoms with E-state index in [0.29, 0.717) is 30.6 Å². The third-order valence-corrected chi connectivity index (χ3v) is 7.75. The normalized spacial score (nSPS) is 37.2. The van der Waals surface area contributed by atoms with Gasteiger partial charge in [-0.1, -0.05) is 50.2 Å². The van der Waals surface area contributed by atoms with Crippen LogP contribution in [0.4, 0.5) is 0 Å². The van der Waals surface area contributed by atoms with Crippen LogP contribution in [0.15, 0.2) is 54.6 Å². The quantitative estimate of drug-likeness (QED) is 0.686. The van der Waals surface area contributed by atoms with Gasteiger partial charge in [0.15, 0.2) is 0 Å². The van der Waals surface area contributed by atoms with E-state index in [1.54, 1.807) is 12.1 Å². The number of carbonyl (C=O) groups excluding carboxylic acids is 1. The largest absolute Gasteiger partial charge is 0.487 e. The average Bonchev–Trinajstić information content (AvgIpc) is 2.72. The van der Waals surface area contributed by atoms with E-state index in [1.165, 1.54) is 0 Å². The zero-order chi connectivity index (χ0) is 20.2. The van der Waals surface area contributed by atoms with Gasteiger partial charge in [0.05, 0.1) is 24.9 Å². The van der Waals surface area contributed by atoms with Crippen molar-refractivity contribution in [3.05, 3.63) is 65.7 Å². The monoisotopic (exact) mass is 392 g/mol. The van der Waals surface area contributed by atoms with E-state index in [2.05, 4.69) is 26.8 Å². The van der Waals surface area contributed by atoms with E-state index in [0.717, 1.165) is 17.7 Å². The zero-order valence-electron chi connectivity index (χ0n) is 17.3. The Balaban J connectivity index is 1.44. The minimum Gasteiger partial charge on any atom is -0.487 e. The standard InChI is InChI=1S/C25H28O4/c1-16-13-24(3)21-17(2)25(16,15-28-23(26)18-9-5-4-6-10-18)14-27-22(21)19-11-7-8-12-20(19)29-24/h4-12,16-17,21-22H,13-15H2,1-3H3/t16-,17+,21+,22-,24+,25-/m1/s1. The fourth-order valence-corrected chi connectivity index (χ4v) is 6.11. The maximum Gasteiger partial charge on any atom is 0.338 e. The van der Waals surface area contributed by atoms with Crippen molar-refractivity contribution in [2.24, 2.45) is 23.2 Å². The molecule has 29 heavy (non-hydrogen) atoms. The summed E-state index contributed by atoms with van der Waals surface area (Å²) in [6, 6.07) is 17.4. The highest BCUT2D eigenvalue weighted by Gasteiger charge is 2.64. The van der Waals surface area contributed by atoms with E-state index < -0.39 is 0 Å². The first-order chi connectivity index (χ1) is 13.9. The van der Waals surface area contributed by atoms with E-state index in [1.807, 2.05) is 36.4 Å². The van der Waals surface area contributed by atoms with Gasteiger partial charge in [-0.25, -0.2) is 4.79 Å². The summed E-state index contributed by atoms with van der Waals surface area (Å²) >= 11 is 0. The first-order valence-electron chi connectivity index (χ1n) is 10.6. The van der Waals surface area contributed by atoms with E-state index in [-0.39, 0.29) is 29.0 Å². The van der Waals surface area contributed by atoms with Crippen LogP contribution in [-0.4, -0.2) is 24.8 Å². The second kappa shape index (κ2) is 6.60. The van der Waals surface area contributed by atoms with Gasteiger partial charge >= 0.3 is 5.97 Å². The van der Waals surface area contributed by atoms with Gasteiger partial charge in [0, 0.05) is 16.9 Å². The first kappa shape index (κ1) is 18.7. The number of ether oxygens (including phenoxy) is 3. The highest BCUT2D eigenvalue weighted by molar-refractivity contribution is 5.89. The Morgan fingerprint density at radius 1 is 1.10 bits per heavy atom. The Hall–Kier alpha value is -2.33. The lowest BCUT2D eigenvalue weighted by atomic mass is 9.50. The van der Waals surface area contributed by atoms with E-state index in [4.69, 9.17) is 14.2 Å². The summed E-state index contributed by atoms with van der Waals surface area (Å²) in [6.45, 7) is 7.75. The fourth-order valence-electron chi connectivity index (χ4n) is 6.11. The van der Waals surface area contributed by atoms with Gasteiger partial charge in [-0.15, -0.1) is 0 Å². The van der Waals surface area contributed by atoms with Gasteiger partial charge in [0.25, 0.3) is 0 Å². The molecule has 4 heteroatoms.